The molecule has 1 aromatic rings. The maximum absolute atomic E-state index is 14.1. The Kier molecular flexibility index (Phi) is 15.1. The van der Waals surface area contributed by atoms with Gasteiger partial charge in [-0.05, 0) is 51.5 Å². The molecule has 1 aliphatic heterocycles. The summed E-state index contributed by atoms with van der Waals surface area (Å²) in [6.07, 6.45) is 15.8. The van der Waals surface area contributed by atoms with Gasteiger partial charge in [0.25, 0.3) is 0 Å². The summed E-state index contributed by atoms with van der Waals surface area (Å²) in [6, 6.07) is 1.54. The summed E-state index contributed by atoms with van der Waals surface area (Å²) in [5.74, 6) is -2.55. The number of carbonyl (C=O) groups is 3. The van der Waals surface area contributed by atoms with Gasteiger partial charge in [0, 0.05) is 47.9 Å². The fourth-order valence-electron chi connectivity index (χ4n) is 7.22. The zero-order valence-corrected chi connectivity index (χ0v) is 29.6. The van der Waals surface area contributed by atoms with Crippen LogP contribution in [0.4, 0.5) is 4.79 Å². The quantitative estimate of drug-likeness (QED) is 0.103. The van der Waals surface area contributed by atoms with Gasteiger partial charge in [-0.2, -0.15) is 0 Å². The van der Waals surface area contributed by atoms with E-state index in [0.717, 1.165) is 70.9 Å². The average molecular weight is 646 g/mol. The molecule has 0 bridgehead atoms. The van der Waals surface area contributed by atoms with E-state index in [-0.39, 0.29) is 30.2 Å². The summed E-state index contributed by atoms with van der Waals surface area (Å²) in [6.45, 7) is 13.8. The molecule has 9 heteroatoms. The Balaban J connectivity index is 1.81. The van der Waals surface area contributed by atoms with Crippen LogP contribution in [-0.2, 0) is 14.3 Å². The van der Waals surface area contributed by atoms with Crippen molar-refractivity contribution in [1.29, 1.82) is 0 Å². The van der Waals surface area contributed by atoms with Gasteiger partial charge in [-0.1, -0.05) is 91.9 Å². The zero-order valence-electron chi connectivity index (χ0n) is 29.6. The molecule has 1 aliphatic carbocycles. The van der Waals surface area contributed by atoms with Gasteiger partial charge in [0.1, 0.15) is 6.10 Å². The lowest BCUT2D eigenvalue weighted by Gasteiger charge is -2.45. The monoisotopic (exact) mass is 645 g/mol. The van der Waals surface area contributed by atoms with Crippen molar-refractivity contribution in [2.75, 3.05) is 19.7 Å². The Morgan fingerprint density at radius 2 is 1.57 bits per heavy atom. The third-order valence-electron chi connectivity index (χ3n) is 9.95. The summed E-state index contributed by atoms with van der Waals surface area (Å²) in [5.41, 5.74) is 0.547. The van der Waals surface area contributed by atoms with E-state index in [4.69, 9.17) is 9.47 Å². The summed E-state index contributed by atoms with van der Waals surface area (Å²) < 4.78 is 12.0. The number of carboxylic acids is 1. The van der Waals surface area contributed by atoms with E-state index in [2.05, 4.69) is 24.1 Å². The lowest BCUT2D eigenvalue weighted by molar-refractivity contribution is -0.298. The van der Waals surface area contributed by atoms with Crippen molar-refractivity contribution < 1.29 is 29.0 Å². The van der Waals surface area contributed by atoms with E-state index in [9.17, 15) is 19.5 Å². The third kappa shape index (κ3) is 11.1. The van der Waals surface area contributed by atoms with Crippen molar-refractivity contribution in [2.24, 2.45) is 11.3 Å². The number of ketones is 1. The van der Waals surface area contributed by atoms with Crippen LogP contribution in [0.25, 0.3) is 0 Å². The first-order valence-electron chi connectivity index (χ1n) is 18.2. The molecule has 262 valence electrons. The van der Waals surface area contributed by atoms with Crippen molar-refractivity contribution in [1.82, 2.24) is 15.2 Å². The van der Waals surface area contributed by atoms with Crippen LogP contribution < -0.4 is 5.32 Å². The number of hydrogen-bond acceptors (Lipinski definition) is 5. The molecule has 9 nitrogen and oxygen atoms in total. The number of aromatic nitrogens is 1. The van der Waals surface area contributed by atoms with Gasteiger partial charge in [-0.3, -0.25) is 9.59 Å². The predicted molar refractivity (Wildman–Crippen MR) is 182 cm³/mol. The molecule has 2 heterocycles. The number of ether oxygens (including phenoxy) is 2. The number of carbonyl (C=O) groups excluding carboxylic acids is 2. The number of Topliss-reactive ketones (excluding diaryl/α,β-unsaturated/α-hetero) is 1. The van der Waals surface area contributed by atoms with E-state index < -0.39 is 29.2 Å². The van der Waals surface area contributed by atoms with E-state index in [0.29, 0.717) is 17.9 Å². The fourth-order valence-corrected chi connectivity index (χ4v) is 7.22. The van der Waals surface area contributed by atoms with Gasteiger partial charge < -0.3 is 29.8 Å². The highest BCUT2D eigenvalue weighted by atomic mass is 16.7. The minimum atomic E-state index is -0.918. The number of aliphatic carboxylic acids is 1. The second-order valence-electron chi connectivity index (χ2n) is 14.9. The molecule has 2 amide bonds. The number of hydrogen-bond donors (Lipinski definition) is 3. The molecular formula is C37H63N3O6. The maximum atomic E-state index is 14.1. The SMILES string of the molecule is CCCCCCCCN(CCCCCC)C(=O)NC1CCCCC1C(CC(=O)O)c1[nH]ccc1C(=O)C1OC(C)(C)OCC1(C)C. The molecule has 46 heavy (non-hydrogen) atoms. The summed E-state index contributed by atoms with van der Waals surface area (Å²) in [5, 5.41) is 13.5. The molecule has 0 aromatic carbocycles. The fraction of sp³-hybridized carbons (Fsp3) is 0.811. The molecular weight excluding hydrogens is 582 g/mol. The molecule has 2 aliphatic rings. The minimum absolute atomic E-state index is 0.0431. The zero-order chi connectivity index (χ0) is 33.7. The van der Waals surface area contributed by atoms with Gasteiger partial charge in [0.2, 0.25) is 0 Å². The van der Waals surface area contributed by atoms with Crippen LogP contribution in [0.5, 0.6) is 0 Å². The second-order valence-corrected chi connectivity index (χ2v) is 14.9. The van der Waals surface area contributed by atoms with Crippen LogP contribution in [-0.4, -0.2) is 70.4 Å². The number of H-pyrrole nitrogens is 1. The first-order valence-corrected chi connectivity index (χ1v) is 18.2. The number of aromatic amines is 1. The van der Waals surface area contributed by atoms with Crippen LogP contribution in [0.3, 0.4) is 0 Å². The number of amides is 2. The van der Waals surface area contributed by atoms with Gasteiger partial charge in [-0.15, -0.1) is 0 Å². The second kappa shape index (κ2) is 18.2. The number of carboxylic acid groups (broad SMARTS) is 1. The largest absolute Gasteiger partial charge is 0.481 e. The minimum Gasteiger partial charge on any atom is -0.481 e. The van der Waals surface area contributed by atoms with Crippen LogP contribution in [0, 0.1) is 11.3 Å². The van der Waals surface area contributed by atoms with Gasteiger partial charge in [0.15, 0.2) is 11.6 Å². The highest BCUT2D eigenvalue weighted by Crippen LogP contribution is 2.42. The standard InChI is InChI=1S/C37H63N3O6/c1-7-9-11-13-14-18-24-40(23-17-12-10-8-2)35(44)39-30-20-16-15-19-27(30)29(25-31(41)42)32-28(21-22-38-32)33(43)34-36(3,4)26-45-37(5,6)46-34/h21-22,27,29-30,34,38H,7-20,23-26H2,1-6H3,(H,39,44)(H,41,42). The molecule has 1 saturated carbocycles. The molecule has 2 fully saturated rings. The molecule has 1 saturated heterocycles. The van der Waals surface area contributed by atoms with E-state index in [1.807, 2.05) is 32.6 Å². The predicted octanol–water partition coefficient (Wildman–Crippen LogP) is 8.44. The Bertz CT molecular complexity index is 1100. The number of urea groups is 1. The van der Waals surface area contributed by atoms with Crippen molar-refractivity contribution >= 4 is 17.8 Å². The van der Waals surface area contributed by atoms with E-state index in [1.165, 1.54) is 32.1 Å². The number of rotatable bonds is 19. The highest BCUT2D eigenvalue weighted by molar-refractivity contribution is 6.01. The molecule has 3 N–H and O–H groups in total. The van der Waals surface area contributed by atoms with E-state index in [1.54, 1.807) is 12.3 Å². The molecule has 0 spiro atoms. The van der Waals surface area contributed by atoms with Crippen LogP contribution in [0.2, 0.25) is 0 Å². The third-order valence-corrected chi connectivity index (χ3v) is 9.95. The molecule has 3 rings (SSSR count). The number of nitrogens with one attached hydrogen (secondary N) is 2. The Morgan fingerprint density at radius 3 is 2.22 bits per heavy atom. The molecule has 0 radical (unpaired) electrons. The molecule has 1 aromatic heterocycles. The molecule has 4 atom stereocenters. The lowest BCUT2D eigenvalue weighted by atomic mass is 9.72. The average Bonchev–Trinajstić information content (AvgIpc) is 3.50. The first-order chi connectivity index (χ1) is 21.9. The smallest absolute Gasteiger partial charge is 0.317 e. The van der Waals surface area contributed by atoms with Crippen LogP contribution in [0.15, 0.2) is 12.3 Å². The van der Waals surface area contributed by atoms with Crippen LogP contribution in [0.1, 0.15) is 160 Å². The van der Waals surface area contributed by atoms with E-state index >= 15 is 0 Å². The summed E-state index contributed by atoms with van der Waals surface area (Å²) in [7, 11) is 0. The number of nitrogens with zero attached hydrogens (tertiary/aromatic N) is 1. The van der Waals surface area contributed by atoms with Crippen LogP contribution >= 0.6 is 0 Å². The van der Waals surface area contributed by atoms with Crippen molar-refractivity contribution in [2.45, 2.75) is 162 Å². The number of unbranched alkanes of at least 4 members (excludes halogenated alkanes) is 8. The topological polar surface area (TPSA) is 121 Å². The lowest BCUT2D eigenvalue weighted by Crippen LogP contribution is -2.53. The van der Waals surface area contributed by atoms with Gasteiger partial charge >= 0.3 is 12.0 Å². The highest BCUT2D eigenvalue weighted by Gasteiger charge is 2.47. The van der Waals surface area contributed by atoms with Crippen molar-refractivity contribution in [3.05, 3.63) is 23.5 Å². The molecule has 4 unspecified atom stereocenters. The Hall–Kier alpha value is -2.39. The first kappa shape index (κ1) is 38.1. The summed E-state index contributed by atoms with van der Waals surface area (Å²) >= 11 is 0. The van der Waals surface area contributed by atoms with Crippen molar-refractivity contribution in [3.8, 4) is 0 Å². The Labute approximate surface area is 277 Å². The van der Waals surface area contributed by atoms with Gasteiger partial charge in [0.05, 0.1) is 13.0 Å². The van der Waals surface area contributed by atoms with Crippen molar-refractivity contribution in [3.63, 3.8) is 0 Å². The normalized spacial score (nSPS) is 23.0. The summed E-state index contributed by atoms with van der Waals surface area (Å²) in [4.78, 5) is 45.5. The maximum Gasteiger partial charge on any atom is 0.317 e. The van der Waals surface area contributed by atoms with Gasteiger partial charge in [-0.25, -0.2) is 4.79 Å². The Morgan fingerprint density at radius 1 is 0.957 bits per heavy atom.